The summed E-state index contributed by atoms with van der Waals surface area (Å²) < 4.78 is 5.54. The highest BCUT2D eigenvalue weighted by Gasteiger charge is 2.19. The second-order valence-electron chi connectivity index (χ2n) is 5.61. The predicted octanol–water partition coefficient (Wildman–Crippen LogP) is 3.22. The summed E-state index contributed by atoms with van der Waals surface area (Å²) in [5.74, 6) is 0.998. The first-order valence-corrected chi connectivity index (χ1v) is 7.93. The molecule has 0 bridgehead atoms. The fraction of sp³-hybridized carbons (Fsp3) is 0.647. The smallest absolute Gasteiger partial charge is 0.123 e. The van der Waals surface area contributed by atoms with Crippen LogP contribution in [0, 0.1) is 0 Å². The molecule has 0 radical (unpaired) electrons. The highest BCUT2D eigenvalue weighted by atomic mass is 16.5. The highest BCUT2D eigenvalue weighted by Crippen LogP contribution is 2.26. The largest absolute Gasteiger partial charge is 0.496 e. The SMILES string of the molecule is CCCNC(CN1CCCCC1)c1ccccc1OC. The van der Waals surface area contributed by atoms with Crippen molar-refractivity contribution in [1.82, 2.24) is 10.2 Å². The van der Waals surface area contributed by atoms with Gasteiger partial charge in [0.25, 0.3) is 0 Å². The molecule has 20 heavy (non-hydrogen) atoms. The van der Waals surface area contributed by atoms with E-state index in [9.17, 15) is 0 Å². The molecule has 1 heterocycles. The van der Waals surface area contributed by atoms with Crippen molar-refractivity contribution in [1.29, 1.82) is 0 Å². The van der Waals surface area contributed by atoms with Crippen LogP contribution in [0.4, 0.5) is 0 Å². The first-order chi connectivity index (χ1) is 9.85. The number of hydrogen-bond acceptors (Lipinski definition) is 3. The quantitative estimate of drug-likeness (QED) is 0.827. The number of para-hydroxylation sites is 1. The number of hydrogen-bond donors (Lipinski definition) is 1. The van der Waals surface area contributed by atoms with Gasteiger partial charge in [0.1, 0.15) is 5.75 Å². The molecule has 0 aliphatic carbocycles. The van der Waals surface area contributed by atoms with Crippen LogP contribution in [0.25, 0.3) is 0 Å². The lowest BCUT2D eigenvalue weighted by Crippen LogP contribution is -2.38. The molecule has 3 nitrogen and oxygen atoms in total. The van der Waals surface area contributed by atoms with E-state index in [4.69, 9.17) is 4.74 Å². The molecular formula is C17H28N2O. The molecule has 1 saturated heterocycles. The number of benzene rings is 1. The number of methoxy groups -OCH3 is 1. The molecule has 1 aromatic rings. The maximum atomic E-state index is 5.54. The van der Waals surface area contributed by atoms with Crippen LogP contribution in [-0.4, -0.2) is 38.2 Å². The Bertz CT molecular complexity index is 388. The average Bonchev–Trinajstić information content (AvgIpc) is 2.52. The van der Waals surface area contributed by atoms with E-state index in [1.165, 1.54) is 37.9 Å². The number of likely N-dealkylation sites (tertiary alicyclic amines) is 1. The van der Waals surface area contributed by atoms with Crippen LogP contribution in [0.3, 0.4) is 0 Å². The maximum Gasteiger partial charge on any atom is 0.123 e. The van der Waals surface area contributed by atoms with Gasteiger partial charge < -0.3 is 15.0 Å². The van der Waals surface area contributed by atoms with Crippen molar-refractivity contribution in [2.45, 2.75) is 38.6 Å². The Kier molecular flexibility index (Phi) is 6.34. The Labute approximate surface area is 123 Å². The van der Waals surface area contributed by atoms with Gasteiger partial charge >= 0.3 is 0 Å². The van der Waals surface area contributed by atoms with Gasteiger partial charge in [-0.3, -0.25) is 0 Å². The van der Waals surface area contributed by atoms with E-state index in [1.807, 2.05) is 6.07 Å². The molecule has 0 amide bonds. The van der Waals surface area contributed by atoms with Crippen molar-refractivity contribution in [2.75, 3.05) is 33.3 Å². The molecule has 0 spiro atoms. The van der Waals surface area contributed by atoms with Gasteiger partial charge in [0.2, 0.25) is 0 Å². The molecule has 1 aliphatic rings. The summed E-state index contributed by atoms with van der Waals surface area (Å²) in [5.41, 5.74) is 1.29. The molecule has 1 aliphatic heterocycles. The predicted molar refractivity (Wildman–Crippen MR) is 84.3 cm³/mol. The third-order valence-corrected chi connectivity index (χ3v) is 4.04. The summed E-state index contributed by atoms with van der Waals surface area (Å²) in [4.78, 5) is 2.59. The minimum atomic E-state index is 0.365. The van der Waals surface area contributed by atoms with Gasteiger partial charge in [-0.2, -0.15) is 0 Å². The Morgan fingerprint density at radius 3 is 2.65 bits per heavy atom. The summed E-state index contributed by atoms with van der Waals surface area (Å²) in [5, 5.41) is 3.69. The van der Waals surface area contributed by atoms with E-state index >= 15 is 0 Å². The van der Waals surface area contributed by atoms with Crippen LogP contribution < -0.4 is 10.1 Å². The normalized spacial score (nSPS) is 17.9. The lowest BCUT2D eigenvalue weighted by atomic mass is 10.0. The summed E-state index contributed by atoms with van der Waals surface area (Å²) in [6.07, 6.45) is 5.22. The zero-order valence-corrected chi connectivity index (χ0v) is 12.9. The minimum absolute atomic E-state index is 0.365. The Hall–Kier alpha value is -1.06. The molecule has 1 atom stereocenters. The number of rotatable bonds is 7. The van der Waals surface area contributed by atoms with E-state index in [1.54, 1.807) is 7.11 Å². The zero-order chi connectivity index (χ0) is 14.2. The third kappa shape index (κ3) is 4.22. The van der Waals surface area contributed by atoms with Crippen LogP contribution in [0.15, 0.2) is 24.3 Å². The van der Waals surface area contributed by atoms with Gasteiger partial charge in [-0.25, -0.2) is 0 Å². The van der Waals surface area contributed by atoms with Crippen LogP contribution >= 0.6 is 0 Å². The molecule has 3 heteroatoms. The number of piperidine rings is 1. The first kappa shape index (κ1) is 15.3. The Balaban J connectivity index is 2.08. The molecule has 1 fully saturated rings. The maximum absolute atomic E-state index is 5.54. The lowest BCUT2D eigenvalue weighted by molar-refractivity contribution is 0.204. The Morgan fingerprint density at radius 2 is 1.95 bits per heavy atom. The minimum Gasteiger partial charge on any atom is -0.496 e. The van der Waals surface area contributed by atoms with E-state index in [0.717, 1.165) is 25.3 Å². The van der Waals surface area contributed by atoms with E-state index in [0.29, 0.717) is 6.04 Å². The van der Waals surface area contributed by atoms with Crippen molar-refractivity contribution in [3.8, 4) is 5.75 Å². The standard InChI is InChI=1S/C17H28N2O/c1-3-11-18-16(14-19-12-7-4-8-13-19)15-9-5-6-10-17(15)20-2/h5-6,9-10,16,18H,3-4,7-8,11-14H2,1-2H3. The first-order valence-electron chi connectivity index (χ1n) is 7.93. The summed E-state index contributed by atoms with van der Waals surface area (Å²) in [6, 6.07) is 8.76. The second-order valence-corrected chi connectivity index (χ2v) is 5.61. The summed E-state index contributed by atoms with van der Waals surface area (Å²) in [7, 11) is 1.76. The van der Waals surface area contributed by atoms with Gasteiger partial charge in [-0.1, -0.05) is 31.5 Å². The van der Waals surface area contributed by atoms with Crippen molar-refractivity contribution >= 4 is 0 Å². The van der Waals surface area contributed by atoms with E-state index in [-0.39, 0.29) is 0 Å². The molecule has 112 valence electrons. The van der Waals surface area contributed by atoms with Gasteiger partial charge in [0.15, 0.2) is 0 Å². The number of nitrogens with zero attached hydrogens (tertiary/aromatic N) is 1. The monoisotopic (exact) mass is 276 g/mol. The van der Waals surface area contributed by atoms with Crippen LogP contribution in [0.2, 0.25) is 0 Å². The van der Waals surface area contributed by atoms with Gasteiger partial charge in [0, 0.05) is 18.2 Å². The molecule has 1 unspecified atom stereocenters. The molecule has 0 aromatic heterocycles. The van der Waals surface area contributed by atoms with Crippen LogP contribution in [0.1, 0.15) is 44.2 Å². The average molecular weight is 276 g/mol. The van der Waals surface area contributed by atoms with Crippen molar-refractivity contribution in [2.24, 2.45) is 0 Å². The molecular weight excluding hydrogens is 248 g/mol. The van der Waals surface area contributed by atoms with E-state index in [2.05, 4.69) is 35.3 Å². The molecule has 1 N–H and O–H groups in total. The fourth-order valence-electron chi connectivity index (χ4n) is 2.95. The second kappa shape index (κ2) is 8.28. The molecule has 2 rings (SSSR count). The Morgan fingerprint density at radius 1 is 1.20 bits per heavy atom. The van der Waals surface area contributed by atoms with Gasteiger partial charge in [-0.15, -0.1) is 0 Å². The number of ether oxygens (including phenoxy) is 1. The fourth-order valence-corrected chi connectivity index (χ4v) is 2.95. The molecule has 1 aromatic carbocycles. The summed E-state index contributed by atoms with van der Waals surface area (Å²) in [6.45, 7) is 6.82. The van der Waals surface area contributed by atoms with Crippen molar-refractivity contribution < 1.29 is 4.74 Å². The van der Waals surface area contributed by atoms with Crippen molar-refractivity contribution in [3.05, 3.63) is 29.8 Å². The van der Waals surface area contributed by atoms with Gasteiger partial charge in [-0.05, 0) is 45.0 Å². The lowest BCUT2D eigenvalue weighted by Gasteiger charge is -2.31. The van der Waals surface area contributed by atoms with Crippen LogP contribution in [-0.2, 0) is 0 Å². The van der Waals surface area contributed by atoms with Crippen molar-refractivity contribution in [3.63, 3.8) is 0 Å². The van der Waals surface area contributed by atoms with Gasteiger partial charge in [0.05, 0.1) is 7.11 Å². The highest BCUT2D eigenvalue weighted by molar-refractivity contribution is 5.36. The van der Waals surface area contributed by atoms with E-state index < -0.39 is 0 Å². The summed E-state index contributed by atoms with van der Waals surface area (Å²) >= 11 is 0. The molecule has 0 saturated carbocycles. The zero-order valence-electron chi connectivity index (χ0n) is 12.9. The third-order valence-electron chi connectivity index (χ3n) is 4.04. The van der Waals surface area contributed by atoms with Crippen LogP contribution in [0.5, 0.6) is 5.75 Å². The topological polar surface area (TPSA) is 24.5 Å². The number of nitrogens with one attached hydrogen (secondary N) is 1.